The summed E-state index contributed by atoms with van der Waals surface area (Å²) in [6, 6.07) is 7.18. The van der Waals surface area contributed by atoms with Crippen LogP contribution in [0.4, 0.5) is 19.3 Å². The average molecular weight is 499 g/mol. The van der Waals surface area contributed by atoms with E-state index in [2.05, 4.69) is 33.2 Å². The lowest BCUT2D eigenvalue weighted by molar-refractivity contribution is -0.133. The van der Waals surface area contributed by atoms with Gasteiger partial charge in [-0.3, -0.25) is 14.5 Å². The van der Waals surface area contributed by atoms with Crippen molar-refractivity contribution < 1.29 is 23.2 Å². The van der Waals surface area contributed by atoms with Crippen molar-refractivity contribution in [2.45, 2.75) is 19.4 Å². The summed E-state index contributed by atoms with van der Waals surface area (Å²) < 4.78 is 28.7. The maximum atomic E-state index is 14.2. The molecule has 9 heteroatoms. The molecular formula is C19H16F2IN3O3. The number of urea groups is 1. The fourth-order valence-corrected chi connectivity index (χ4v) is 3.65. The van der Waals surface area contributed by atoms with Gasteiger partial charge in [-0.25, -0.2) is 13.6 Å². The first-order chi connectivity index (χ1) is 13.1. The molecular weight excluding hydrogens is 483 g/mol. The van der Waals surface area contributed by atoms with E-state index >= 15 is 0 Å². The van der Waals surface area contributed by atoms with Gasteiger partial charge in [0.25, 0.3) is 5.91 Å². The van der Waals surface area contributed by atoms with Crippen LogP contribution in [-0.4, -0.2) is 29.3 Å². The van der Waals surface area contributed by atoms with E-state index in [1.54, 1.807) is 12.1 Å². The lowest BCUT2D eigenvalue weighted by atomic mass is 9.91. The molecule has 2 N–H and O–H groups in total. The van der Waals surface area contributed by atoms with Crippen molar-refractivity contribution in [3.8, 4) is 0 Å². The molecule has 1 heterocycles. The first kappa shape index (κ1) is 20.2. The number of imide groups is 1. The Morgan fingerprint density at radius 3 is 2.61 bits per heavy atom. The average Bonchev–Trinajstić information content (AvgIpc) is 2.83. The largest absolute Gasteiger partial charge is 0.325 e. The molecule has 0 aromatic heterocycles. The Morgan fingerprint density at radius 1 is 1.21 bits per heavy atom. The van der Waals surface area contributed by atoms with Crippen LogP contribution in [0.25, 0.3) is 0 Å². The molecule has 1 atom stereocenters. The quantitative estimate of drug-likeness (QED) is 0.501. The Balaban J connectivity index is 1.80. The summed E-state index contributed by atoms with van der Waals surface area (Å²) in [5.74, 6) is -3.00. The van der Waals surface area contributed by atoms with E-state index in [0.717, 1.165) is 27.3 Å². The third-order valence-electron chi connectivity index (χ3n) is 4.51. The lowest BCUT2D eigenvalue weighted by Crippen LogP contribution is -2.42. The van der Waals surface area contributed by atoms with Crippen molar-refractivity contribution in [1.29, 1.82) is 0 Å². The van der Waals surface area contributed by atoms with E-state index in [1.165, 1.54) is 6.92 Å². The van der Waals surface area contributed by atoms with E-state index in [4.69, 9.17) is 0 Å². The number of hydrogen-bond donors (Lipinski definition) is 2. The predicted octanol–water partition coefficient (Wildman–Crippen LogP) is 3.28. The van der Waals surface area contributed by atoms with Gasteiger partial charge < -0.3 is 10.6 Å². The van der Waals surface area contributed by atoms with Crippen LogP contribution in [-0.2, 0) is 15.1 Å². The van der Waals surface area contributed by atoms with Crippen LogP contribution in [0, 0.1) is 22.1 Å². The van der Waals surface area contributed by atoms with Gasteiger partial charge in [0.2, 0.25) is 5.91 Å². The summed E-state index contributed by atoms with van der Waals surface area (Å²) in [6.45, 7) is 2.53. The number of carbonyl (C=O) groups excluding carboxylic acids is 3. The number of amides is 4. The van der Waals surface area contributed by atoms with Gasteiger partial charge in [0.05, 0.1) is 0 Å². The maximum Gasteiger partial charge on any atom is 0.325 e. The second-order valence-electron chi connectivity index (χ2n) is 6.58. The molecule has 1 unspecified atom stereocenters. The van der Waals surface area contributed by atoms with E-state index in [-0.39, 0.29) is 5.56 Å². The summed E-state index contributed by atoms with van der Waals surface area (Å²) >= 11 is 2.14. The first-order valence-corrected chi connectivity index (χ1v) is 9.35. The highest BCUT2D eigenvalue weighted by atomic mass is 127. The van der Waals surface area contributed by atoms with Gasteiger partial charge in [-0.2, -0.15) is 0 Å². The molecule has 0 aliphatic carbocycles. The number of aryl methyl sites for hydroxylation is 1. The summed E-state index contributed by atoms with van der Waals surface area (Å²) in [7, 11) is 0. The number of carbonyl (C=O) groups is 3. The monoisotopic (exact) mass is 499 g/mol. The molecule has 3 rings (SSSR count). The third-order valence-corrected chi connectivity index (χ3v) is 5.18. The standard InChI is InChI=1S/C19H16F2IN3O3/c1-10-7-12(22)4-6-15(10)23-16(26)9-25-17(27)19(2,24-18(25)28)13-8-11(20)3-5-14(13)21/h3-8H,9H2,1-2H3,(H,23,26)(H,24,28). The molecule has 1 aliphatic heterocycles. The normalized spacial score (nSPS) is 19.0. The first-order valence-electron chi connectivity index (χ1n) is 8.27. The highest BCUT2D eigenvalue weighted by Gasteiger charge is 2.50. The Morgan fingerprint density at radius 2 is 1.93 bits per heavy atom. The van der Waals surface area contributed by atoms with Gasteiger partial charge >= 0.3 is 6.03 Å². The van der Waals surface area contributed by atoms with Crippen molar-refractivity contribution in [1.82, 2.24) is 10.2 Å². The molecule has 0 radical (unpaired) electrons. The van der Waals surface area contributed by atoms with Crippen molar-refractivity contribution in [3.05, 3.63) is 62.7 Å². The molecule has 146 valence electrons. The molecule has 0 spiro atoms. The van der Waals surface area contributed by atoms with E-state index in [0.29, 0.717) is 10.6 Å². The zero-order valence-electron chi connectivity index (χ0n) is 15.0. The number of benzene rings is 2. The molecule has 28 heavy (non-hydrogen) atoms. The van der Waals surface area contributed by atoms with Crippen molar-refractivity contribution in [2.75, 3.05) is 11.9 Å². The topological polar surface area (TPSA) is 78.5 Å². The van der Waals surface area contributed by atoms with Crippen LogP contribution in [0.5, 0.6) is 0 Å². The van der Waals surface area contributed by atoms with Gasteiger partial charge in [-0.1, -0.05) is 0 Å². The van der Waals surface area contributed by atoms with E-state index < -0.39 is 41.6 Å². The van der Waals surface area contributed by atoms with Crippen LogP contribution >= 0.6 is 22.6 Å². The lowest BCUT2D eigenvalue weighted by Gasteiger charge is -2.22. The number of rotatable bonds is 4. The second-order valence-corrected chi connectivity index (χ2v) is 7.82. The molecule has 0 bridgehead atoms. The van der Waals surface area contributed by atoms with Crippen LogP contribution in [0.15, 0.2) is 36.4 Å². The number of anilines is 1. The summed E-state index contributed by atoms with van der Waals surface area (Å²) in [5, 5.41) is 5.00. The predicted molar refractivity (Wildman–Crippen MR) is 106 cm³/mol. The molecule has 0 saturated carbocycles. The van der Waals surface area contributed by atoms with Crippen LogP contribution in [0.3, 0.4) is 0 Å². The Bertz CT molecular complexity index is 998. The van der Waals surface area contributed by atoms with E-state index in [1.807, 2.05) is 13.0 Å². The van der Waals surface area contributed by atoms with Crippen molar-refractivity contribution in [2.24, 2.45) is 0 Å². The molecule has 2 aromatic carbocycles. The number of halogens is 3. The van der Waals surface area contributed by atoms with E-state index in [9.17, 15) is 23.2 Å². The van der Waals surface area contributed by atoms with Crippen LogP contribution < -0.4 is 10.6 Å². The molecule has 6 nitrogen and oxygen atoms in total. The van der Waals surface area contributed by atoms with Gasteiger partial charge in [0, 0.05) is 14.8 Å². The molecule has 4 amide bonds. The zero-order valence-corrected chi connectivity index (χ0v) is 17.1. The fourth-order valence-electron chi connectivity index (χ4n) is 3.00. The highest BCUT2D eigenvalue weighted by Crippen LogP contribution is 2.31. The molecule has 1 saturated heterocycles. The molecule has 1 fully saturated rings. The minimum Gasteiger partial charge on any atom is -0.324 e. The Hall–Kier alpha value is -2.56. The minimum absolute atomic E-state index is 0.303. The fraction of sp³-hybridized carbons (Fsp3) is 0.211. The van der Waals surface area contributed by atoms with Gasteiger partial charge in [0.1, 0.15) is 23.7 Å². The zero-order chi connectivity index (χ0) is 20.6. The molecule has 1 aliphatic rings. The van der Waals surface area contributed by atoms with Gasteiger partial charge in [-0.05, 0) is 78.4 Å². The Labute approximate surface area is 173 Å². The van der Waals surface area contributed by atoms with Gasteiger partial charge in [0.15, 0.2) is 0 Å². The third kappa shape index (κ3) is 3.71. The number of nitrogens with one attached hydrogen (secondary N) is 2. The number of nitrogens with zero attached hydrogens (tertiary/aromatic N) is 1. The minimum atomic E-state index is -1.80. The SMILES string of the molecule is Cc1cc(I)ccc1NC(=O)CN1C(=O)NC(C)(c2cc(F)ccc2F)C1=O. The summed E-state index contributed by atoms with van der Waals surface area (Å²) in [4.78, 5) is 38.1. The van der Waals surface area contributed by atoms with Crippen LogP contribution in [0.1, 0.15) is 18.1 Å². The van der Waals surface area contributed by atoms with Crippen LogP contribution in [0.2, 0.25) is 0 Å². The second kappa shape index (κ2) is 7.46. The van der Waals surface area contributed by atoms with Crippen molar-refractivity contribution >= 4 is 46.1 Å². The maximum absolute atomic E-state index is 14.2. The summed E-state index contributed by atoms with van der Waals surface area (Å²) in [5.41, 5.74) is -0.731. The number of hydrogen-bond acceptors (Lipinski definition) is 3. The Kier molecular flexibility index (Phi) is 5.37. The smallest absolute Gasteiger partial charge is 0.324 e. The highest BCUT2D eigenvalue weighted by molar-refractivity contribution is 14.1. The molecule has 2 aromatic rings. The van der Waals surface area contributed by atoms with Crippen molar-refractivity contribution in [3.63, 3.8) is 0 Å². The summed E-state index contributed by atoms with van der Waals surface area (Å²) in [6.07, 6.45) is 0. The van der Waals surface area contributed by atoms with Gasteiger partial charge in [-0.15, -0.1) is 0 Å².